The molecule has 4 heteroatoms. The van der Waals surface area contributed by atoms with E-state index in [9.17, 15) is 0 Å². The molecule has 0 aliphatic rings. The molecule has 3 rings (SSSR count). The first-order valence-corrected chi connectivity index (χ1v) is 5.42. The second-order valence-corrected chi connectivity index (χ2v) is 3.96. The zero-order chi connectivity index (χ0) is 11.8. The van der Waals surface area contributed by atoms with Crippen molar-refractivity contribution in [2.75, 3.05) is 0 Å². The summed E-state index contributed by atoms with van der Waals surface area (Å²) in [5.74, 6) is 0.782. The summed E-state index contributed by atoms with van der Waals surface area (Å²) in [5, 5.41) is 13.4. The largest absolute Gasteiger partial charge is 0.360 e. The van der Waals surface area contributed by atoms with Gasteiger partial charge in [-0.15, -0.1) is 5.10 Å². The van der Waals surface area contributed by atoms with E-state index in [0.717, 1.165) is 33.6 Å². The summed E-state index contributed by atoms with van der Waals surface area (Å²) in [6.07, 6.45) is 0. The van der Waals surface area contributed by atoms with Gasteiger partial charge in [-0.1, -0.05) is 35.5 Å². The number of nitrogens with zero attached hydrogens (tertiary/aromatic N) is 3. The molecule has 0 radical (unpaired) electrons. The Morgan fingerprint density at radius 1 is 1.00 bits per heavy atom. The molecule has 0 N–H and O–H groups in total. The SMILES string of the molecule is Cc1nnc(-c2ccccc2)c2noc(C)c12. The molecule has 0 spiro atoms. The fourth-order valence-electron chi connectivity index (χ4n) is 1.97. The van der Waals surface area contributed by atoms with Crippen LogP contribution in [0, 0.1) is 13.8 Å². The van der Waals surface area contributed by atoms with Gasteiger partial charge in [0.1, 0.15) is 17.0 Å². The van der Waals surface area contributed by atoms with Crippen molar-refractivity contribution in [2.24, 2.45) is 0 Å². The zero-order valence-corrected chi connectivity index (χ0v) is 9.64. The number of hydrogen-bond acceptors (Lipinski definition) is 4. The second-order valence-electron chi connectivity index (χ2n) is 3.96. The Morgan fingerprint density at radius 2 is 1.76 bits per heavy atom. The van der Waals surface area contributed by atoms with E-state index in [1.54, 1.807) is 0 Å². The molecular formula is C13H11N3O. The summed E-state index contributed by atoms with van der Waals surface area (Å²) in [5.41, 5.74) is 3.39. The molecule has 0 amide bonds. The fraction of sp³-hybridized carbons (Fsp3) is 0.154. The molecule has 0 fully saturated rings. The van der Waals surface area contributed by atoms with Gasteiger partial charge in [-0.05, 0) is 13.8 Å². The third kappa shape index (κ3) is 1.49. The second kappa shape index (κ2) is 3.66. The monoisotopic (exact) mass is 225 g/mol. The molecule has 0 atom stereocenters. The number of hydrogen-bond donors (Lipinski definition) is 0. The lowest BCUT2D eigenvalue weighted by atomic mass is 10.1. The molecule has 0 aliphatic carbocycles. The van der Waals surface area contributed by atoms with E-state index in [4.69, 9.17) is 4.52 Å². The third-order valence-corrected chi connectivity index (χ3v) is 2.80. The first kappa shape index (κ1) is 9.96. The number of rotatable bonds is 1. The normalized spacial score (nSPS) is 10.9. The van der Waals surface area contributed by atoms with Crippen molar-refractivity contribution in [3.63, 3.8) is 0 Å². The predicted molar refractivity (Wildman–Crippen MR) is 64.5 cm³/mol. The Labute approximate surface area is 98.3 Å². The highest BCUT2D eigenvalue weighted by molar-refractivity contribution is 5.93. The molecule has 2 aromatic heterocycles. The minimum absolute atomic E-state index is 0.767. The number of aryl methyl sites for hydroxylation is 2. The molecular weight excluding hydrogens is 214 g/mol. The Kier molecular flexibility index (Phi) is 2.14. The minimum atomic E-state index is 0.767. The molecule has 0 aliphatic heterocycles. The van der Waals surface area contributed by atoms with Crippen LogP contribution in [-0.2, 0) is 0 Å². The van der Waals surface area contributed by atoms with E-state index >= 15 is 0 Å². The van der Waals surface area contributed by atoms with Crippen LogP contribution in [-0.4, -0.2) is 15.4 Å². The van der Waals surface area contributed by atoms with Gasteiger partial charge in [0.25, 0.3) is 0 Å². The highest BCUT2D eigenvalue weighted by Crippen LogP contribution is 2.28. The van der Waals surface area contributed by atoms with Gasteiger partial charge in [-0.2, -0.15) is 5.10 Å². The molecule has 2 heterocycles. The third-order valence-electron chi connectivity index (χ3n) is 2.80. The van der Waals surface area contributed by atoms with Gasteiger partial charge in [-0.25, -0.2) is 0 Å². The van der Waals surface area contributed by atoms with Crippen LogP contribution >= 0.6 is 0 Å². The van der Waals surface area contributed by atoms with Crippen LogP contribution < -0.4 is 0 Å². The zero-order valence-electron chi connectivity index (χ0n) is 9.64. The summed E-state index contributed by atoms with van der Waals surface area (Å²) in [4.78, 5) is 0. The maximum Gasteiger partial charge on any atom is 0.144 e. The van der Waals surface area contributed by atoms with Crippen molar-refractivity contribution in [3.8, 4) is 11.3 Å². The number of aromatic nitrogens is 3. The standard InChI is InChI=1S/C13H11N3O/c1-8-11-9(2)17-16-13(11)12(15-14-8)10-6-4-3-5-7-10/h3-7H,1-2H3. The average Bonchev–Trinajstić information content (AvgIpc) is 2.74. The van der Waals surface area contributed by atoms with E-state index in [1.807, 2.05) is 44.2 Å². The lowest BCUT2D eigenvalue weighted by molar-refractivity contribution is 0.405. The first-order chi connectivity index (χ1) is 8.27. The van der Waals surface area contributed by atoms with Crippen molar-refractivity contribution in [2.45, 2.75) is 13.8 Å². The summed E-state index contributed by atoms with van der Waals surface area (Å²) in [7, 11) is 0. The van der Waals surface area contributed by atoms with Gasteiger partial charge < -0.3 is 4.52 Å². The molecule has 0 saturated heterocycles. The van der Waals surface area contributed by atoms with E-state index in [1.165, 1.54) is 0 Å². The quantitative estimate of drug-likeness (QED) is 0.639. The van der Waals surface area contributed by atoms with Crippen LogP contribution in [0.5, 0.6) is 0 Å². The molecule has 1 aromatic carbocycles. The Morgan fingerprint density at radius 3 is 2.53 bits per heavy atom. The van der Waals surface area contributed by atoms with Gasteiger partial charge in [0.15, 0.2) is 0 Å². The number of fused-ring (bicyclic) bond motifs is 1. The number of benzene rings is 1. The van der Waals surface area contributed by atoms with Gasteiger partial charge >= 0.3 is 0 Å². The van der Waals surface area contributed by atoms with E-state index in [0.29, 0.717) is 0 Å². The van der Waals surface area contributed by atoms with Crippen LogP contribution in [0.2, 0.25) is 0 Å². The van der Waals surface area contributed by atoms with Crippen molar-refractivity contribution in [3.05, 3.63) is 41.8 Å². The highest BCUT2D eigenvalue weighted by Gasteiger charge is 2.15. The van der Waals surface area contributed by atoms with Gasteiger partial charge in [0.05, 0.1) is 11.1 Å². The van der Waals surface area contributed by atoms with Gasteiger partial charge in [-0.3, -0.25) is 0 Å². The summed E-state index contributed by atoms with van der Waals surface area (Å²) in [6, 6.07) is 9.88. The van der Waals surface area contributed by atoms with Crippen molar-refractivity contribution in [1.29, 1.82) is 0 Å². The molecule has 0 bridgehead atoms. The Bertz CT molecular complexity index is 674. The lowest BCUT2D eigenvalue weighted by Crippen LogP contribution is -1.93. The smallest absolute Gasteiger partial charge is 0.144 e. The van der Waals surface area contributed by atoms with Crippen LogP contribution in [0.4, 0.5) is 0 Å². The topological polar surface area (TPSA) is 51.8 Å². The van der Waals surface area contributed by atoms with E-state index in [2.05, 4.69) is 15.4 Å². The van der Waals surface area contributed by atoms with Crippen LogP contribution in [0.15, 0.2) is 34.9 Å². The van der Waals surface area contributed by atoms with E-state index in [-0.39, 0.29) is 0 Å². The summed E-state index contributed by atoms with van der Waals surface area (Å²) >= 11 is 0. The maximum atomic E-state index is 5.23. The molecule has 3 aromatic rings. The van der Waals surface area contributed by atoms with Crippen LogP contribution in [0.1, 0.15) is 11.5 Å². The minimum Gasteiger partial charge on any atom is -0.360 e. The summed E-state index contributed by atoms with van der Waals surface area (Å²) in [6.45, 7) is 3.80. The highest BCUT2D eigenvalue weighted by atomic mass is 16.5. The molecule has 84 valence electrons. The average molecular weight is 225 g/mol. The summed E-state index contributed by atoms with van der Waals surface area (Å²) < 4.78 is 5.23. The Balaban J connectivity index is 2.36. The van der Waals surface area contributed by atoms with Crippen LogP contribution in [0.3, 0.4) is 0 Å². The first-order valence-electron chi connectivity index (χ1n) is 5.42. The molecule has 0 unspecified atom stereocenters. The molecule has 17 heavy (non-hydrogen) atoms. The lowest BCUT2D eigenvalue weighted by Gasteiger charge is -2.01. The van der Waals surface area contributed by atoms with E-state index < -0.39 is 0 Å². The van der Waals surface area contributed by atoms with Crippen LogP contribution in [0.25, 0.3) is 22.2 Å². The van der Waals surface area contributed by atoms with Gasteiger partial charge in [0.2, 0.25) is 0 Å². The van der Waals surface area contributed by atoms with Gasteiger partial charge in [0, 0.05) is 5.56 Å². The Hall–Kier alpha value is -2.23. The molecule has 4 nitrogen and oxygen atoms in total. The van der Waals surface area contributed by atoms with Crippen molar-refractivity contribution < 1.29 is 4.52 Å². The molecule has 0 saturated carbocycles. The van der Waals surface area contributed by atoms with Crippen molar-refractivity contribution in [1.82, 2.24) is 15.4 Å². The fourth-order valence-corrected chi connectivity index (χ4v) is 1.97. The van der Waals surface area contributed by atoms with Crippen molar-refractivity contribution >= 4 is 10.9 Å². The maximum absolute atomic E-state index is 5.23. The predicted octanol–water partition coefficient (Wildman–Crippen LogP) is 2.90.